The van der Waals surface area contributed by atoms with E-state index in [4.69, 9.17) is 16.3 Å². The molecule has 0 unspecified atom stereocenters. The Hall–Kier alpha value is -2.71. The fraction of sp³-hybridized carbons (Fsp3) is 0.500. The van der Waals surface area contributed by atoms with Gasteiger partial charge in [-0.15, -0.1) is 0 Å². The van der Waals surface area contributed by atoms with Crippen LogP contribution in [0.3, 0.4) is 0 Å². The molecular formula is C24H29ClN4O4. The highest BCUT2D eigenvalue weighted by molar-refractivity contribution is 6.29. The summed E-state index contributed by atoms with van der Waals surface area (Å²) in [7, 11) is 0. The summed E-state index contributed by atoms with van der Waals surface area (Å²) in [5.41, 5.74) is 2.00. The van der Waals surface area contributed by atoms with E-state index < -0.39 is 17.7 Å². The Kier molecular flexibility index (Phi) is 6.33. The van der Waals surface area contributed by atoms with Gasteiger partial charge in [0.25, 0.3) is 0 Å². The van der Waals surface area contributed by atoms with Crippen LogP contribution in [-0.2, 0) is 17.7 Å². The molecule has 2 aliphatic rings. The van der Waals surface area contributed by atoms with Gasteiger partial charge in [0.1, 0.15) is 10.8 Å². The maximum Gasteiger partial charge on any atom is 0.408 e. The first-order valence-corrected chi connectivity index (χ1v) is 11.5. The van der Waals surface area contributed by atoms with Crippen LogP contribution in [0.1, 0.15) is 67.0 Å². The van der Waals surface area contributed by atoms with Gasteiger partial charge in [-0.25, -0.2) is 19.6 Å². The van der Waals surface area contributed by atoms with Crippen LogP contribution in [0.2, 0.25) is 5.15 Å². The number of aromatic carboxylic acids is 1. The Balaban J connectivity index is 1.51. The molecule has 1 aliphatic heterocycles. The molecule has 0 bridgehead atoms. The average Bonchev–Trinajstić information content (AvgIpc) is 3.01. The minimum atomic E-state index is -1.12. The maximum absolute atomic E-state index is 12.7. The lowest BCUT2D eigenvalue weighted by Gasteiger charge is -2.43. The number of likely N-dealkylation sites (tertiary alicyclic amines) is 1. The number of aromatic nitrogens is 2. The van der Waals surface area contributed by atoms with Crippen LogP contribution in [0.4, 0.5) is 4.79 Å². The number of amides is 1. The summed E-state index contributed by atoms with van der Waals surface area (Å²) in [4.78, 5) is 34.5. The summed E-state index contributed by atoms with van der Waals surface area (Å²) in [5, 5.41) is 12.8. The number of benzene rings is 1. The molecule has 1 amide bonds. The Bertz CT molecular complexity index is 1060. The smallest absolute Gasteiger partial charge is 0.408 e. The molecule has 2 heterocycles. The number of nitrogens with zero attached hydrogens (tertiary/aromatic N) is 3. The van der Waals surface area contributed by atoms with Crippen molar-refractivity contribution in [3.63, 3.8) is 0 Å². The van der Waals surface area contributed by atoms with E-state index in [1.54, 1.807) is 0 Å². The van der Waals surface area contributed by atoms with E-state index in [9.17, 15) is 14.7 Å². The number of nitrogens with one attached hydrogen (secondary N) is 1. The zero-order valence-electron chi connectivity index (χ0n) is 19.1. The summed E-state index contributed by atoms with van der Waals surface area (Å²) in [5.74, 6) is -1.12. The molecule has 4 rings (SSSR count). The van der Waals surface area contributed by atoms with Gasteiger partial charge >= 0.3 is 12.1 Å². The zero-order chi connectivity index (χ0) is 23.8. The number of hydrogen-bond acceptors (Lipinski definition) is 6. The predicted molar refractivity (Wildman–Crippen MR) is 123 cm³/mol. The second-order valence-electron chi connectivity index (χ2n) is 9.89. The number of rotatable bonds is 4. The third-order valence-electron chi connectivity index (χ3n) is 6.43. The van der Waals surface area contributed by atoms with Gasteiger partial charge in [0.05, 0.1) is 17.9 Å². The molecule has 1 aromatic carbocycles. The first-order chi connectivity index (χ1) is 15.6. The van der Waals surface area contributed by atoms with E-state index >= 15 is 0 Å². The molecule has 2 N–H and O–H groups in total. The Morgan fingerprint density at radius 1 is 1.27 bits per heavy atom. The van der Waals surface area contributed by atoms with Crippen molar-refractivity contribution in [1.82, 2.24) is 20.2 Å². The molecule has 1 atom stereocenters. The number of carboxylic acids is 1. The van der Waals surface area contributed by atoms with E-state index in [-0.39, 0.29) is 22.3 Å². The van der Waals surface area contributed by atoms with Gasteiger partial charge in [-0.3, -0.25) is 4.90 Å². The number of carbonyl (C=O) groups excluding carboxylic acids is 1. The van der Waals surface area contributed by atoms with Crippen molar-refractivity contribution in [1.29, 1.82) is 0 Å². The van der Waals surface area contributed by atoms with E-state index in [2.05, 4.69) is 32.3 Å². The summed E-state index contributed by atoms with van der Waals surface area (Å²) in [6, 6.07) is 8.11. The molecule has 2 aromatic rings. The Morgan fingerprint density at radius 3 is 2.64 bits per heavy atom. The van der Waals surface area contributed by atoms with E-state index in [1.165, 1.54) is 11.8 Å². The number of fused-ring (bicyclic) bond motifs is 1. The second-order valence-corrected chi connectivity index (χ2v) is 10.3. The van der Waals surface area contributed by atoms with Crippen molar-refractivity contribution < 1.29 is 19.4 Å². The van der Waals surface area contributed by atoms with E-state index in [0.717, 1.165) is 37.9 Å². The number of halogens is 1. The largest absolute Gasteiger partial charge is 0.476 e. The van der Waals surface area contributed by atoms with Gasteiger partial charge in [-0.2, -0.15) is 0 Å². The van der Waals surface area contributed by atoms with Crippen LogP contribution in [0.15, 0.2) is 30.5 Å². The quantitative estimate of drug-likeness (QED) is 0.685. The van der Waals surface area contributed by atoms with Gasteiger partial charge in [-0.1, -0.05) is 35.9 Å². The van der Waals surface area contributed by atoms with Gasteiger partial charge in [0, 0.05) is 12.0 Å². The molecular weight excluding hydrogens is 444 g/mol. The van der Waals surface area contributed by atoms with Crippen molar-refractivity contribution in [2.24, 2.45) is 5.41 Å². The van der Waals surface area contributed by atoms with Crippen LogP contribution < -0.4 is 5.32 Å². The van der Waals surface area contributed by atoms with Crippen LogP contribution in [0.5, 0.6) is 0 Å². The molecule has 1 aromatic heterocycles. The van der Waals surface area contributed by atoms with Gasteiger partial charge in [0.15, 0.2) is 5.69 Å². The van der Waals surface area contributed by atoms with Gasteiger partial charge in [0.2, 0.25) is 0 Å². The number of hydrogen-bond donors (Lipinski definition) is 2. The Labute approximate surface area is 198 Å². The van der Waals surface area contributed by atoms with E-state index in [0.29, 0.717) is 12.2 Å². The van der Waals surface area contributed by atoms with Crippen LogP contribution in [0.25, 0.3) is 0 Å². The van der Waals surface area contributed by atoms with E-state index in [1.807, 2.05) is 32.9 Å². The lowest BCUT2D eigenvalue weighted by Crippen LogP contribution is -2.47. The number of alkyl carbamates (subject to hydrolysis) is 1. The zero-order valence-corrected chi connectivity index (χ0v) is 19.9. The highest BCUT2D eigenvalue weighted by Crippen LogP contribution is 2.52. The van der Waals surface area contributed by atoms with Crippen molar-refractivity contribution in [2.75, 3.05) is 13.1 Å². The topological polar surface area (TPSA) is 105 Å². The minimum Gasteiger partial charge on any atom is -0.476 e. The standard InChI is InChI=1S/C24H29ClN4O4/c1-23(2,3)33-22(32)28-20-16-7-5-4-6-15(16)12-24(20)8-10-29(11-9-24)14-17-19(21(30)31)26-13-18(25)27-17/h4-7,13,20H,8-12,14H2,1-3H3,(H,28,32)(H,30,31)/t20-/m1/s1. The summed E-state index contributed by atoms with van der Waals surface area (Å²) < 4.78 is 5.55. The molecule has 33 heavy (non-hydrogen) atoms. The maximum atomic E-state index is 12.7. The molecule has 1 spiro atoms. The second kappa shape index (κ2) is 8.91. The molecule has 1 fully saturated rings. The minimum absolute atomic E-state index is 0.0718. The molecule has 176 valence electrons. The first-order valence-electron chi connectivity index (χ1n) is 11.1. The van der Waals surface area contributed by atoms with Crippen molar-refractivity contribution in [3.8, 4) is 0 Å². The SMILES string of the molecule is CC(C)(C)OC(=O)N[C@@H]1c2ccccc2CC12CCN(Cc1nc(Cl)cnc1C(=O)O)CC2. The fourth-order valence-corrected chi connectivity index (χ4v) is 5.12. The van der Waals surface area contributed by atoms with Crippen LogP contribution >= 0.6 is 11.6 Å². The molecule has 9 heteroatoms. The first kappa shape index (κ1) is 23.4. The molecule has 1 aliphatic carbocycles. The van der Waals surface area contributed by atoms with Crippen molar-refractivity contribution in [2.45, 2.75) is 58.2 Å². The Morgan fingerprint density at radius 2 is 1.97 bits per heavy atom. The van der Waals surface area contributed by atoms with Crippen molar-refractivity contribution in [3.05, 3.63) is 58.1 Å². The molecule has 8 nitrogen and oxygen atoms in total. The number of carbonyl (C=O) groups is 2. The van der Waals surface area contributed by atoms with Gasteiger partial charge < -0.3 is 15.2 Å². The molecule has 1 saturated heterocycles. The van der Waals surface area contributed by atoms with Gasteiger partial charge in [-0.05, 0) is 64.3 Å². The predicted octanol–water partition coefficient (Wildman–Crippen LogP) is 4.23. The third kappa shape index (κ3) is 5.12. The van der Waals surface area contributed by atoms with Crippen molar-refractivity contribution >= 4 is 23.7 Å². The lowest BCUT2D eigenvalue weighted by atomic mass is 9.72. The molecule has 0 saturated carbocycles. The highest BCUT2D eigenvalue weighted by atomic mass is 35.5. The highest BCUT2D eigenvalue weighted by Gasteiger charge is 2.48. The normalized spacial score (nSPS) is 19.8. The number of ether oxygens (including phenoxy) is 1. The lowest BCUT2D eigenvalue weighted by molar-refractivity contribution is 0.0339. The third-order valence-corrected chi connectivity index (χ3v) is 6.61. The summed E-state index contributed by atoms with van der Waals surface area (Å²) in [6.45, 7) is 7.42. The fourth-order valence-electron chi connectivity index (χ4n) is 4.97. The van der Waals surface area contributed by atoms with Crippen LogP contribution in [-0.4, -0.2) is 50.7 Å². The number of piperidine rings is 1. The average molecular weight is 473 g/mol. The summed E-state index contributed by atoms with van der Waals surface area (Å²) in [6.07, 6.45) is 3.42. The van der Waals surface area contributed by atoms with Crippen LogP contribution in [0, 0.1) is 5.41 Å². The summed E-state index contributed by atoms with van der Waals surface area (Å²) >= 11 is 5.97. The molecule has 0 radical (unpaired) electrons. The monoisotopic (exact) mass is 472 g/mol. The number of carboxylic acid groups (broad SMARTS) is 1.